The number of carboxylic acids is 1. The van der Waals surface area contributed by atoms with Gasteiger partial charge in [0.15, 0.2) is 0 Å². The van der Waals surface area contributed by atoms with Gasteiger partial charge in [0, 0.05) is 35.1 Å². The minimum atomic E-state index is -1.09. The fourth-order valence-electron chi connectivity index (χ4n) is 4.91. The zero-order valence-electron chi connectivity index (χ0n) is 19.8. The van der Waals surface area contributed by atoms with E-state index in [2.05, 4.69) is 15.6 Å². The second-order valence-electron chi connectivity index (χ2n) is 9.42. The van der Waals surface area contributed by atoms with Crippen LogP contribution in [0.25, 0.3) is 11.1 Å². The van der Waals surface area contributed by atoms with Gasteiger partial charge in [0.25, 0.3) is 5.91 Å². The first-order valence-corrected chi connectivity index (χ1v) is 11.6. The number of aromatic nitrogens is 1. The predicted octanol–water partition coefficient (Wildman–Crippen LogP) is 2.95. The van der Waals surface area contributed by atoms with Gasteiger partial charge in [0.1, 0.15) is 35.6 Å². The van der Waals surface area contributed by atoms with Crippen molar-refractivity contribution >= 4 is 40.4 Å². The van der Waals surface area contributed by atoms with E-state index in [0.29, 0.717) is 35.8 Å². The molecule has 3 aliphatic rings. The van der Waals surface area contributed by atoms with Crippen molar-refractivity contribution in [2.24, 2.45) is 0 Å². The highest BCUT2D eigenvalue weighted by Crippen LogP contribution is 2.44. The fourth-order valence-corrected chi connectivity index (χ4v) is 4.91. The second kappa shape index (κ2) is 8.78. The van der Waals surface area contributed by atoms with Gasteiger partial charge in [0.05, 0.1) is 5.57 Å². The van der Waals surface area contributed by atoms with Crippen molar-refractivity contribution in [1.82, 2.24) is 10.3 Å². The van der Waals surface area contributed by atoms with Crippen molar-refractivity contribution < 1.29 is 28.6 Å². The number of carbonyl (C=O) groups is 3. The number of carboxylic acid groups (broad SMARTS) is 1. The van der Waals surface area contributed by atoms with Crippen LogP contribution >= 0.6 is 0 Å². The number of anilines is 2. The molecule has 0 saturated carbocycles. The third kappa shape index (κ3) is 4.19. The fraction of sp³-hybridized carbons (Fsp3) is 0.308. The van der Waals surface area contributed by atoms with Gasteiger partial charge < -0.3 is 25.4 Å². The molecule has 1 aromatic heterocycles. The summed E-state index contributed by atoms with van der Waals surface area (Å²) in [7, 11) is 0. The van der Waals surface area contributed by atoms with E-state index in [1.807, 2.05) is 30.9 Å². The van der Waals surface area contributed by atoms with E-state index in [9.17, 15) is 18.8 Å². The van der Waals surface area contributed by atoms with Crippen molar-refractivity contribution in [2.45, 2.75) is 38.3 Å². The summed E-state index contributed by atoms with van der Waals surface area (Å²) >= 11 is 0. The molecule has 0 spiro atoms. The van der Waals surface area contributed by atoms with Crippen LogP contribution in [0.3, 0.4) is 0 Å². The lowest BCUT2D eigenvalue weighted by Crippen LogP contribution is -2.45. The van der Waals surface area contributed by atoms with Gasteiger partial charge in [-0.25, -0.2) is 9.37 Å². The van der Waals surface area contributed by atoms with Crippen LogP contribution in [-0.2, 0) is 19.1 Å². The van der Waals surface area contributed by atoms with Gasteiger partial charge in [-0.3, -0.25) is 14.4 Å². The minimum absolute atomic E-state index is 0.282. The first-order valence-electron chi connectivity index (χ1n) is 11.6. The number of hydrogen-bond donors (Lipinski definition) is 3. The van der Waals surface area contributed by atoms with Crippen LogP contribution in [0.1, 0.15) is 37.8 Å². The largest absolute Gasteiger partial charge is 0.482 e. The van der Waals surface area contributed by atoms with Crippen molar-refractivity contribution in [3.05, 3.63) is 65.3 Å². The van der Waals surface area contributed by atoms with E-state index >= 15 is 0 Å². The van der Waals surface area contributed by atoms with Gasteiger partial charge in [-0.15, -0.1) is 0 Å². The molecular weight excluding hydrogens is 467 g/mol. The lowest BCUT2D eigenvalue weighted by atomic mass is 9.93. The third-order valence-electron chi connectivity index (χ3n) is 6.58. The molecule has 36 heavy (non-hydrogen) atoms. The first kappa shape index (κ1) is 23.5. The molecule has 186 valence electrons. The summed E-state index contributed by atoms with van der Waals surface area (Å²) in [5, 5.41) is 14.0. The Balaban J connectivity index is 1.43. The van der Waals surface area contributed by atoms with Crippen molar-refractivity contribution in [2.75, 3.05) is 23.3 Å². The van der Waals surface area contributed by atoms with Gasteiger partial charge in [-0.2, -0.15) is 0 Å². The number of aliphatic carboxylic acids is 1. The number of nitrogens with zero attached hydrogens (tertiary/aromatic N) is 2. The molecule has 2 amide bonds. The summed E-state index contributed by atoms with van der Waals surface area (Å²) in [5.41, 5.74) is 2.09. The highest BCUT2D eigenvalue weighted by molar-refractivity contribution is 6.32. The molecule has 0 bridgehead atoms. The van der Waals surface area contributed by atoms with Crippen LogP contribution in [0.4, 0.5) is 15.9 Å². The van der Waals surface area contributed by atoms with Crippen LogP contribution < -0.4 is 15.5 Å². The van der Waals surface area contributed by atoms with Crippen molar-refractivity contribution in [1.29, 1.82) is 0 Å². The molecule has 0 radical (unpaired) electrons. The smallest absolute Gasteiger partial charge is 0.322 e. The summed E-state index contributed by atoms with van der Waals surface area (Å²) in [6.45, 7) is 3.97. The van der Waals surface area contributed by atoms with Gasteiger partial charge in [-0.1, -0.05) is 0 Å². The van der Waals surface area contributed by atoms with Gasteiger partial charge in [-0.05, 0) is 63.1 Å². The number of allylic oxidation sites excluding steroid dienone is 1. The van der Waals surface area contributed by atoms with E-state index in [0.717, 1.165) is 17.6 Å². The molecule has 0 unspecified atom stereocenters. The molecule has 3 N–H and O–H groups in total. The Morgan fingerprint density at radius 1 is 1.31 bits per heavy atom. The van der Waals surface area contributed by atoms with E-state index in [-0.39, 0.29) is 17.4 Å². The lowest BCUT2D eigenvalue weighted by molar-refractivity contribution is -0.138. The Morgan fingerprint density at radius 3 is 2.83 bits per heavy atom. The molecule has 1 atom stereocenters. The van der Waals surface area contributed by atoms with E-state index < -0.39 is 30.0 Å². The van der Waals surface area contributed by atoms with E-state index in [4.69, 9.17) is 9.84 Å². The zero-order chi connectivity index (χ0) is 25.6. The quantitative estimate of drug-likeness (QED) is 0.549. The standard InChI is InChI=1S/C26H25FN4O5/c1-26(2)17(11-20(36-26)23-16-10-15(27)6-7-18(16)30-25(23)35)14-5-8-21(28-12-14)31-9-3-4-19(31)24(34)29-13-22(32)33/h5-8,10-12,19H,3-4,9,13H2,1-2H3,(H,29,34)(H,30,35)(H,32,33)/b23-20+/t19-/m0/s1. The maximum absolute atomic E-state index is 13.9. The summed E-state index contributed by atoms with van der Waals surface area (Å²) in [4.78, 5) is 42.4. The molecule has 10 heteroatoms. The lowest BCUT2D eigenvalue weighted by Gasteiger charge is -2.26. The highest BCUT2D eigenvalue weighted by Gasteiger charge is 2.38. The number of carbonyl (C=O) groups excluding carboxylic acids is 2. The monoisotopic (exact) mass is 492 g/mol. The zero-order valence-corrected chi connectivity index (χ0v) is 19.8. The number of ether oxygens (including phenoxy) is 1. The number of nitrogens with one attached hydrogen (secondary N) is 2. The third-order valence-corrected chi connectivity index (χ3v) is 6.58. The number of amides is 2. The highest BCUT2D eigenvalue weighted by atomic mass is 19.1. The molecular formula is C26H25FN4O5. The Labute approximate surface area is 206 Å². The summed E-state index contributed by atoms with van der Waals surface area (Å²) in [6.07, 6.45) is 4.88. The normalized spacial score (nSPS) is 22.1. The summed E-state index contributed by atoms with van der Waals surface area (Å²) in [5.74, 6) is -1.26. The SMILES string of the molecule is CC1(C)O/C(=C2/C(=O)Nc3ccc(F)cc32)C=C1c1ccc(N2CCC[C@H]2C(=O)NCC(=O)O)nc1. The number of hydrogen-bond acceptors (Lipinski definition) is 6. The van der Waals surface area contributed by atoms with Gasteiger partial charge in [0.2, 0.25) is 5.91 Å². The number of fused-ring (bicyclic) bond motifs is 1. The molecule has 5 rings (SSSR count). The number of benzene rings is 1. The maximum Gasteiger partial charge on any atom is 0.322 e. The summed E-state index contributed by atoms with van der Waals surface area (Å²) in [6, 6.07) is 7.34. The second-order valence-corrected chi connectivity index (χ2v) is 9.42. The molecule has 4 heterocycles. The van der Waals surface area contributed by atoms with Crippen LogP contribution in [0.15, 0.2) is 48.4 Å². The Hall–Kier alpha value is -4.21. The molecule has 1 fully saturated rings. The molecule has 1 saturated heterocycles. The average Bonchev–Trinajstić information content (AvgIpc) is 3.52. The molecule has 0 aliphatic carbocycles. The Morgan fingerprint density at radius 2 is 2.11 bits per heavy atom. The van der Waals surface area contributed by atoms with Crippen molar-refractivity contribution in [3.8, 4) is 0 Å². The predicted molar refractivity (Wildman–Crippen MR) is 130 cm³/mol. The first-order chi connectivity index (χ1) is 17.1. The van der Waals surface area contributed by atoms with E-state index in [1.165, 1.54) is 18.2 Å². The van der Waals surface area contributed by atoms with E-state index in [1.54, 1.807) is 12.3 Å². The molecule has 1 aromatic carbocycles. The topological polar surface area (TPSA) is 121 Å². The summed E-state index contributed by atoms with van der Waals surface area (Å²) < 4.78 is 20.0. The van der Waals surface area contributed by atoms with Crippen LogP contribution in [-0.4, -0.2) is 52.6 Å². The Bertz CT molecular complexity index is 1330. The molecule has 3 aliphatic heterocycles. The van der Waals surface area contributed by atoms with Crippen LogP contribution in [0.5, 0.6) is 0 Å². The molecule has 9 nitrogen and oxygen atoms in total. The van der Waals surface area contributed by atoms with Gasteiger partial charge >= 0.3 is 5.97 Å². The number of rotatable bonds is 5. The Kier molecular flexibility index (Phi) is 5.74. The molecule has 2 aromatic rings. The van der Waals surface area contributed by atoms with Crippen molar-refractivity contribution in [3.63, 3.8) is 0 Å². The van der Waals surface area contributed by atoms with Crippen LogP contribution in [0.2, 0.25) is 0 Å². The average molecular weight is 493 g/mol. The maximum atomic E-state index is 13.9. The van der Waals surface area contributed by atoms with Crippen LogP contribution in [0, 0.1) is 5.82 Å². The minimum Gasteiger partial charge on any atom is -0.482 e. The number of pyridine rings is 1. The number of halogens is 1.